The molecule has 5 nitrogen and oxygen atoms in total. The van der Waals surface area contributed by atoms with Crippen LogP contribution in [0.2, 0.25) is 0 Å². The fourth-order valence-electron chi connectivity index (χ4n) is 1.67. The van der Waals surface area contributed by atoms with E-state index in [0.29, 0.717) is 18.0 Å². The topological polar surface area (TPSA) is 81.2 Å². The van der Waals surface area contributed by atoms with Gasteiger partial charge in [0.05, 0.1) is 6.04 Å². The maximum atomic E-state index is 11.7. The highest BCUT2D eigenvalue weighted by molar-refractivity contribution is 5.94. The molecule has 0 radical (unpaired) electrons. The highest BCUT2D eigenvalue weighted by Gasteiger charge is 2.15. The Hall–Kier alpha value is -1.62. The molecular weight excluding hydrogens is 230 g/mol. The first-order valence-electron chi connectivity index (χ1n) is 6.31. The summed E-state index contributed by atoms with van der Waals surface area (Å²) in [6, 6.07) is 1.22. The molecule has 0 aliphatic carbocycles. The standard InChI is InChI=1S/C13H21N3O2/c1-4-7-10(14)13(17)15-12-8-11(18-16-12)9(5-2)6-3/h5,8,10H,4,6-7,14H2,1-3H3,(H,15,16,17)/b9-5+/t10-/m0/s1. The largest absolute Gasteiger partial charge is 0.354 e. The number of hydrogen-bond donors (Lipinski definition) is 2. The third-order valence-corrected chi connectivity index (χ3v) is 2.74. The van der Waals surface area contributed by atoms with Crippen molar-refractivity contribution in [1.29, 1.82) is 0 Å². The summed E-state index contributed by atoms with van der Waals surface area (Å²) >= 11 is 0. The number of rotatable bonds is 6. The summed E-state index contributed by atoms with van der Waals surface area (Å²) < 4.78 is 5.18. The molecule has 0 bridgehead atoms. The fourth-order valence-corrected chi connectivity index (χ4v) is 1.67. The van der Waals surface area contributed by atoms with Gasteiger partial charge in [-0.3, -0.25) is 4.79 Å². The first kappa shape index (κ1) is 14.4. The molecule has 0 unspecified atom stereocenters. The second kappa shape index (κ2) is 6.96. The van der Waals surface area contributed by atoms with Gasteiger partial charge in [0.25, 0.3) is 0 Å². The van der Waals surface area contributed by atoms with Crippen LogP contribution in [-0.2, 0) is 4.79 Å². The number of carbonyl (C=O) groups excluding carboxylic acids is 1. The Labute approximate surface area is 107 Å². The summed E-state index contributed by atoms with van der Waals surface area (Å²) in [4.78, 5) is 11.7. The van der Waals surface area contributed by atoms with Gasteiger partial charge in [0.15, 0.2) is 11.6 Å². The molecule has 1 atom stereocenters. The third-order valence-electron chi connectivity index (χ3n) is 2.74. The number of carbonyl (C=O) groups is 1. The van der Waals surface area contributed by atoms with Gasteiger partial charge in [0.2, 0.25) is 5.91 Å². The monoisotopic (exact) mass is 251 g/mol. The number of hydrogen-bond acceptors (Lipinski definition) is 4. The van der Waals surface area contributed by atoms with Crippen molar-refractivity contribution < 1.29 is 9.32 Å². The molecule has 0 aliphatic rings. The Morgan fingerprint density at radius 3 is 2.89 bits per heavy atom. The number of nitrogens with two attached hydrogens (primary N) is 1. The van der Waals surface area contributed by atoms with Crippen molar-refractivity contribution in [3.63, 3.8) is 0 Å². The summed E-state index contributed by atoms with van der Waals surface area (Å²) in [5, 5.41) is 6.47. The highest BCUT2D eigenvalue weighted by Crippen LogP contribution is 2.20. The van der Waals surface area contributed by atoms with Gasteiger partial charge in [0.1, 0.15) is 0 Å². The molecule has 100 valence electrons. The van der Waals surface area contributed by atoms with E-state index in [1.165, 1.54) is 0 Å². The second-order valence-corrected chi connectivity index (χ2v) is 4.13. The second-order valence-electron chi connectivity index (χ2n) is 4.13. The Bertz CT molecular complexity index is 424. The van der Waals surface area contributed by atoms with Crippen molar-refractivity contribution >= 4 is 17.3 Å². The molecule has 1 aromatic rings. The zero-order valence-corrected chi connectivity index (χ0v) is 11.2. The van der Waals surface area contributed by atoms with E-state index in [1.807, 2.05) is 26.8 Å². The maximum absolute atomic E-state index is 11.7. The highest BCUT2D eigenvalue weighted by atomic mass is 16.5. The van der Waals surface area contributed by atoms with Crippen LogP contribution in [0.4, 0.5) is 5.82 Å². The van der Waals surface area contributed by atoms with Crippen LogP contribution in [-0.4, -0.2) is 17.1 Å². The maximum Gasteiger partial charge on any atom is 0.242 e. The van der Waals surface area contributed by atoms with E-state index in [-0.39, 0.29) is 5.91 Å². The molecule has 0 saturated heterocycles. The predicted octanol–water partition coefficient (Wildman–Crippen LogP) is 2.55. The van der Waals surface area contributed by atoms with Gasteiger partial charge in [-0.2, -0.15) is 0 Å². The fraction of sp³-hybridized carbons (Fsp3) is 0.538. The third kappa shape index (κ3) is 3.70. The van der Waals surface area contributed by atoms with Gasteiger partial charge >= 0.3 is 0 Å². The van der Waals surface area contributed by atoms with Crippen molar-refractivity contribution in [2.45, 2.75) is 46.1 Å². The van der Waals surface area contributed by atoms with E-state index in [4.69, 9.17) is 10.3 Å². The van der Waals surface area contributed by atoms with Gasteiger partial charge in [-0.05, 0) is 25.3 Å². The van der Waals surface area contributed by atoms with Crippen molar-refractivity contribution in [1.82, 2.24) is 5.16 Å². The van der Waals surface area contributed by atoms with Crippen LogP contribution in [0.15, 0.2) is 16.7 Å². The van der Waals surface area contributed by atoms with Gasteiger partial charge in [-0.1, -0.05) is 31.5 Å². The summed E-state index contributed by atoms with van der Waals surface area (Å²) in [5.41, 5.74) is 6.77. The lowest BCUT2D eigenvalue weighted by molar-refractivity contribution is -0.117. The average molecular weight is 251 g/mol. The average Bonchev–Trinajstić information content (AvgIpc) is 2.79. The Balaban J connectivity index is 2.67. The number of amides is 1. The summed E-state index contributed by atoms with van der Waals surface area (Å²) in [7, 11) is 0. The Kier molecular flexibility index (Phi) is 5.58. The molecule has 0 saturated carbocycles. The molecular formula is C13H21N3O2. The lowest BCUT2D eigenvalue weighted by atomic mass is 10.1. The Morgan fingerprint density at radius 2 is 2.33 bits per heavy atom. The number of aromatic nitrogens is 1. The van der Waals surface area contributed by atoms with E-state index in [9.17, 15) is 4.79 Å². The molecule has 0 spiro atoms. The molecule has 0 aliphatic heterocycles. The zero-order chi connectivity index (χ0) is 13.5. The van der Waals surface area contributed by atoms with E-state index >= 15 is 0 Å². The molecule has 1 heterocycles. The van der Waals surface area contributed by atoms with Crippen molar-refractivity contribution in [2.24, 2.45) is 5.73 Å². The minimum absolute atomic E-state index is 0.227. The smallest absolute Gasteiger partial charge is 0.242 e. The quantitative estimate of drug-likeness (QED) is 0.814. The van der Waals surface area contributed by atoms with Crippen LogP contribution in [0, 0.1) is 0 Å². The molecule has 3 N–H and O–H groups in total. The molecule has 0 fully saturated rings. The van der Waals surface area contributed by atoms with Crippen molar-refractivity contribution in [3.05, 3.63) is 17.9 Å². The lowest BCUT2D eigenvalue weighted by Crippen LogP contribution is -2.35. The van der Waals surface area contributed by atoms with Crippen molar-refractivity contribution in [2.75, 3.05) is 5.32 Å². The number of anilines is 1. The molecule has 1 rings (SSSR count). The minimum Gasteiger partial charge on any atom is -0.354 e. The number of nitrogens with one attached hydrogen (secondary N) is 1. The predicted molar refractivity (Wildman–Crippen MR) is 72.0 cm³/mol. The SMILES string of the molecule is C/C=C(\CC)c1cc(NC(=O)[C@@H](N)CCC)no1. The Morgan fingerprint density at radius 1 is 1.61 bits per heavy atom. The van der Waals surface area contributed by atoms with Crippen LogP contribution in [0.25, 0.3) is 5.57 Å². The lowest BCUT2D eigenvalue weighted by Gasteiger charge is -2.08. The molecule has 18 heavy (non-hydrogen) atoms. The number of nitrogens with zero attached hydrogens (tertiary/aromatic N) is 1. The molecule has 0 aromatic carbocycles. The first-order valence-corrected chi connectivity index (χ1v) is 6.31. The van der Waals surface area contributed by atoms with Gasteiger partial charge in [-0.25, -0.2) is 0 Å². The summed E-state index contributed by atoms with van der Waals surface area (Å²) in [6.45, 7) is 5.96. The van der Waals surface area contributed by atoms with Crippen LogP contribution in [0.3, 0.4) is 0 Å². The number of allylic oxidation sites excluding steroid dienone is 2. The van der Waals surface area contributed by atoms with Gasteiger partial charge in [0, 0.05) is 6.07 Å². The van der Waals surface area contributed by atoms with E-state index in [2.05, 4.69) is 10.5 Å². The van der Waals surface area contributed by atoms with Crippen LogP contribution in [0.5, 0.6) is 0 Å². The van der Waals surface area contributed by atoms with E-state index < -0.39 is 6.04 Å². The summed E-state index contributed by atoms with van der Waals surface area (Å²) in [5.74, 6) is 0.865. The van der Waals surface area contributed by atoms with E-state index in [1.54, 1.807) is 6.07 Å². The molecule has 1 amide bonds. The van der Waals surface area contributed by atoms with Gasteiger partial charge < -0.3 is 15.6 Å². The minimum atomic E-state index is -0.498. The van der Waals surface area contributed by atoms with Crippen LogP contribution >= 0.6 is 0 Å². The molecule has 1 aromatic heterocycles. The van der Waals surface area contributed by atoms with Crippen LogP contribution < -0.4 is 11.1 Å². The van der Waals surface area contributed by atoms with Crippen LogP contribution in [0.1, 0.15) is 45.8 Å². The first-order chi connectivity index (χ1) is 8.62. The normalized spacial score (nSPS) is 13.4. The zero-order valence-electron chi connectivity index (χ0n) is 11.2. The summed E-state index contributed by atoms with van der Waals surface area (Å²) in [6.07, 6.45) is 4.35. The van der Waals surface area contributed by atoms with E-state index in [0.717, 1.165) is 18.4 Å². The molecule has 5 heteroatoms. The van der Waals surface area contributed by atoms with Gasteiger partial charge in [-0.15, -0.1) is 0 Å². The van der Waals surface area contributed by atoms with Crippen molar-refractivity contribution in [3.8, 4) is 0 Å².